The van der Waals surface area contributed by atoms with Gasteiger partial charge in [-0.25, -0.2) is 0 Å². The van der Waals surface area contributed by atoms with Gasteiger partial charge in [0.25, 0.3) is 5.91 Å². The second-order valence-corrected chi connectivity index (χ2v) is 8.28. The third-order valence-electron chi connectivity index (χ3n) is 3.01. The predicted molar refractivity (Wildman–Crippen MR) is 75.5 cm³/mol. The van der Waals surface area contributed by atoms with E-state index in [-0.39, 0.29) is 5.91 Å². The number of hydrogen-bond acceptors (Lipinski definition) is 3. The summed E-state index contributed by atoms with van der Waals surface area (Å²) in [7, 11) is 0. The van der Waals surface area contributed by atoms with Crippen molar-refractivity contribution < 1.29 is 9.90 Å². The maximum absolute atomic E-state index is 12.2. The minimum atomic E-state index is -0.622. The number of piperidine rings is 1. The average Bonchev–Trinajstić information content (AvgIpc) is 2.57. The Labute approximate surface area is 121 Å². The first-order valence-electron chi connectivity index (χ1n) is 5.35. The molecule has 0 unspecified atom stereocenters. The van der Waals surface area contributed by atoms with E-state index in [0.29, 0.717) is 31.5 Å². The molecule has 0 bridgehead atoms. The van der Waals surface area contributed by atoms with Gasteiger partial charge in [-0.15, -0.1) is 11.3 Å². The number of carbonyl (C=O) groups is 1. The standard InChI is InChI=1S/C11H13Br2NO2S/c1-11(16)2-4-14(5-3-11)10(15)7-6-8(12)17-9(7)13/h6,16H,2-5H2,1H3. The Hall–Kier alpha value is 0.0900. The Morgan fingerprint density at radius 1 is 1.47 bits per heavy atom. The molecule has 0 spiro atoms. The summed E-state index contributed by atoms with van der Waals surface area (Å²) < 4.78 is 1.79. The molecule has 6 heteroatoms. The SMILES string of the molecule is CC1(O)CCN(C(=O)c2cc(Br)sc2Br)CC1. The first-order chi connectivity index (χ1) is 7.89. The third kappa shape index (κ3) is 3.10. The molecular formula is C11H13Br2NO2S. The molecule has 0 aromatic carbocycles. The summed E-state index contributed by atoms with van der Waals surface area (Å²) in [5.74, 6) is 0.0364. The van der Waals surface area contributed by atoms with Crippen LogP contribution in [0.25, 0.3) is 0 Å². The Morgan fingerprint density at radius 3 is 2.53 bits per heavy atom. The van der Waals surface area contributed by atoms with Gasteiger partial charge in [-0.1, -0.05) is 0 Å². The Kier molecular flexibility index (Phi) is 3.97. The van der Waals surface area contributed by atoms with Crippen LogP contribution >= 0.6 is 43.2 Å². The van der Waals surface area contributed by atoms with Gasteiger partial charge in [-0.05, 0) is 57.7 Å². The van der Waals surface area contributed by atoms with Crippen molar-refractivity contribution in [1.82, 2.24) is 4.90 Å². The summed E-state index contributed by atoms with van der Waals surface area (Å²) in [4.78, 5) is 14.0. The summed E-state index contributed by atoms with van der Waals surface area (Å²) in [6.45, 7) is 3.06. The van der Waals surface area contributed by atoms with Gasteiger partial charge >= 0.3 is 0 Å². The van der Waals surface area contributed by atoms with Crippen LogP contribution < -0.4 is 0 Å². The minimum absolute atomic E-state index is 0.0364. The number of thiophene rings is 1. The highest BCUT2D eigenvalue weighted by molar-refractivity contribution is 9.12. The normalized spacial score (nSPS) is 19.4. The zero-order valence-electron chi connectivity index (χ0n) is 9.37. The number of nitrogens with zero attached hydrogens (tertiary/aromatic N) is 1. The Balaban J connectivity index is 2.09. The quantitative estimate of drug-likeness (QED) is 0.809. The number of hydrogen-bond donors (Lipinski definition) is 1. The maximum Gasteiger partial charge on any atom is 0.255 e. The van der Waals surface area contributed by atoms with E-state index in [9.17, 15) is 9.90 Å². The van der Waals surface area contributed by atoms with Crippen molar-refractivity contribution in [1.29, 1.82) is 0 Å². The van der Waals surface area contributed by atoms with E-state index in [4.69, 9.17) is 0 Å². The largest absolute Gasteiger partial charge is 0.390 e. The summed E-state index contributed by atoms with van der Waals surface area (Å²) >= 11 is 8.27. The van der Waals surface area contributed by atoms with Crippen LogP contribution in [-0.2, 0) is 0 Å². The molecule has 1 saturated heterocycles. The number of carbonyl (C=O) groups excluding carboxylic acids is 1. The van der Waals surface area contributed by atoms with E-state index in [0.717, 1.165) is 7.57 Å². The van der Waals surface area contributed by atoms with E-state index in [1.807, 2.05) is 13.0 Å². The molecule has 0 saturated carbocycles. The summed E-state index contributed by atoms with van der Waals surface area (Å²) in [5.41, 5.74) is 0.0758. The molecule has 0 atom stereocenters. The topological polar surface area (TPSA) is 40.5 Å². The molecule has 1 amide bonds. The van der Waals surface area contributed by atoms with Crippen molar-refractivity contribution in [3.05, 3.63) is 19.2 Å². The van der Waals surface area contributed by atoms with Crippen molar-refractivity contribution in [3.8, 4) is 0 Å². The fourth-order valence-electron chi connectivity index (χ4n) is 1.85. The zero-order chi connectivity index (χ0) is 12.6. The highest BCUT2D eigenvalue weighted by Crippen LogP contribution is 2.33. The van der Waals surface area contributed by atoms with Crippen molar-refractivity contribution in [2.45, 2.75) is 25.4 Å². The van der Waals surface area contributed by atoms with Gasteiger partial charge in [0.2, 0.25) is 0 Å². The molecule has 2 heterocycles. The van der Waals surface area contributed by atoms with Crippen LogP contribution in [0.5, 0.6) is 0 Å². The van der Waals surface area contributed by atoms with Crippen LogP contribution in [0.15, 0.2) is 13.6 Å². The monoisotopic (exact) mass is 381 g/mol. The molecule has 3 nitrogen and oxygen atoms in total. The van der Waals surface area contributed by atoms with Crippen LogP contribution in [-0.4, -0.2) is 34.6 Å². The number of halogens is 2. The lowest BCUT2D eigenvalue weighted by molar-refractivity contribution is -0.00203. The van der Waals surface area contributed by atoms with Crippen molar-refractivity contribution in [2.75, 3.05) is 13.1 Å². The second-order valence-electron chi connectivity index (χ2n) is 4.53. The molecule has 1 aliphatic rings. The third-order valence-corrected chi connectivity index (χ3v) is 5.35. The number of rotatable bonds is 1. The lowest BCUT2D eigenvalue weighted by Crippen LogP contribution is -2.45. The van der Waals surface area contributed by atoms with Crippen LogP contribution in [0.2, 0.25) is 0 Å². The summed E-state index contributed by atoms with van der Waals surface area (Å²) in [5, 5.41) is 9.85. The minimum Gasteiger partial charge on any atom is -0.390 e. The van der Waals surface area contributed by atoms with Gasteiger partial charge in [0.15, 0.2) is 0 Å². The van der Waals surface area contributed by atoms with Gasteiger partial charge in [0.05, 0.1) is 18.7 Å². The average molecular weight is 383 g/mol. The van der Waals surface area contributed by atoms with Crippen molar-refractivity contribution in [3.63, 3.8) is 0 Å². The molecule has 0 radical (unpaired) electrons. The van der Waals surface area contributed by atoms with Gasteiger partial charge in [-0.2, -0.15) is 0 Å². The molecule has 1 N–H and O–H groups in total. The summed E-state index contributed by atoms with van der Waals surface area (Å²) in [6.07, 6.45) is 1.28. The van der Waals surface area contributed by atoms with Gasteiger partial charge < -0.3 is 10.0 Å². The van der Waals surface area contributed by atoms with E-state index in [2.05, 4.69) is 31.9 Å². The fourth-order valence-corrected chi connectivity index (χ4v) is 4.63. The smallest absolute Gasteiger partial charge is 0.255 e. The lowest BCUT2D eigenvalue weighted by Gasteiger charge is -2.35. The molecule has 0 aliphatic carbocycles. The van der Waals surface area contributed by atoms with E-state index in [1.165, 1.54) is 11.3 Å². The molecular weight excluding hydrogens is 370 g/mol. The van der Waals surface area contributed by atoms with Crippen LogP contribution in [0.4, 0.5) is 0 Å². The Bertz CT molecular complexity index is 435. The van der Waals surface area contributed by atoms with E-state index < -0.39 is 5.60 Å². The molecule has 1 aromatic rings. The zero-order valence-corrected chi connectivity index (χ0v) is 13.4. The molecule has 2 rings (SSSR count). The molecule has 94 valence electrons. The second kappa shape index (κ2) is 4.99. The van der Waals surface area contributed by atoms with Crippen molar-refractivity contribution >= 4 is 49.1 Å². The number of likely N-dealkylation sites (tertiary alicyclic amines) is 1. The van der Waals surface area contributed by atoms with E-state index >= 15 is 0 Å². The number of amides is 1. The highest BCUT2D eigenvalue weighted by atomic mass is 79.9. The predicted octanol–water partition coefficient (Wildman–Crippen LogP) is 3.26. The molecule has 1 aliphatic heterocycles. The molecule has 17 heavy (non-hydrogen) atoms. The van der Waals surface area contributed by atoms with Crippen LogP contribution in [0, 0.1) is 0 Å². The van der Waals surface area contributed by atoms with Crippen LogP contribution in [0.3, 0.4) is 0 Å². The van der Waals surface area contributed by atoms with Crippen molar-refractivity contribution in [2.24, 2.45) is 0 Å². The first kappa shape index (κ1) is 13.5. The Morgan fingerprint density at radius 2 is 2.06 bits per heavy atom. The van der Waals surface area contributed by atoms with Crippen LogP contribution in [0.1, 0.15) is 30.1 Å². The van der Waals surface area contributed by atoms with Gasteiger partial charge in [0, 0.05) is 13.1 Å². The van der Waals surface area contributed by atoms with Gasteiger partial charge in [0.1, 0.15) is 0 Å². The highest BCUT2D eigenvalue weighted by Gasteiger charge is 2.30. The molecule has 1 aromatic heterocycles. The summed E-state index contributed by atoms with van der Waals surface area (Å²) in [6, 6.07) is 1.84. The van der Waals surface area contributed by atoms with Gasteiger partial charge in [-0.3, -0.25) is 4.79 Å². The maximum atomic E-state index is 12.2. The molecule has 1 fully saturated rings. The number of aliphatic hydroxyl groups is 1. The fraction of sp³-hybridized carbons (Fsp3) is 0.545. The van der Waals surface area contributed by atoms with E-state index in [1.54, 1.807) is 4.90 Å². The lowest BCUT2D eigenvalue weighted by atomic mass is 9.93. The first-order valence-corrected chi connectivity index (χ1v) is 7.76.